The first-order chi connectivity index (χ1) is 8.47. The first kappa shape index (κ1) is 13.1. The molecular weight excluding hydrogens is 298 g/mol. The second-order valence-electron chi connectivity index (χ2n) is 4.48. The van der Waals surface area contributed by atoms with E-state index in [1.54, 1.807) is 13.8 Å². The maximum atomic E-state index is 12.1. The average Bonchev–Trinajstić information content (AvgIpc) is 2.31. The smallest absolute Gasteiger partial charge is 0.321 e. The summed E-state index contributed by atoms with van der Waals surface area (Å²) in [6.45, 7) is 3.61. The molecule has 0 saturated carbocycles. The lowest BCUT2D eigenvalue weighted by Crippen LogP contribution is -2.46. The van der Waals surface area contributed by atoms with Gasteiger partial charge in [-0.2, -0.15) is 0 Å². The minimum atomic E-state index is -1.15. The summed E-state index contributed by atoms with van der Waals surface area (Å²) in [5, 5.41) is 2.76. The van der Waals surface area contributed by atoms with Gasteiger partial charge in [-0.1, -0.05) is 15.9 Å². The first-order valence-electron chi connectivity index (χ1n) is 5.74. The Bertz CT molecular complexity index is 515. The monoisotopic (exact) mass is 311 g/mol. The Balaban J connectivity index is 2.37. The van der Waals surface area contributed by atoms with Crippen LogP contribution in [0.15, 0.2) is 22.7 Å². The molecule has 0 bridgehead atoms. The van der Waals surface area contributed by atoms with Gasteiger partial charge in [0.1, 0.15) is 5.41 Å². The lowest BCUT2D eigenvalue weighted by molar-refractivity contribution is -0.158. The summed E-state index contributed by atoms with van der Waals surface area (Å²) in [6.07, 6.45) is 0.354. The Hall–Kier alpha value is -1.36. The predicted octanol–water partition coefficient (Wildman–Crippen LogP) is 2.51. The molecule has 1 aromatic carbocycles. The molecule has 0 aromatic heterocycles. The van der Waals surface area contributed by atoms with Crippen LogP contribution >= 0.6 is 15.9 Å². The number of fused-ring (bicyclic) bond motifs is 1. The first-order valence-corrected chi connectivity index (χ1v) is 6.54. The van der Waals surface area contributed by atoms with Crippen LogP contribution in [0.25, 0.3) is 0 Å². The molecule has 1 aromatic rings. The van der Waals surface area contributed by atoms with Gasteiger partial charge in [0.15, 0.2) is 0 Å². The van der Waals surface area contributed by atoms with E-state index in [0.717, 1.165) is 15.7 Å². The quantitative estimate of drug-likeness (QED) is 0.674. The SMILES string of the molecule is CCOC(=O)C1(C)Cc2cc(Br)ccc2NC1=O. The number of anilines is 1. The lowest BCUT2D eigenvalue weighted by atomic mass is 9.79. The molecule has 0 aliphatic carbocycles. The van der Waals surface area contributed by atoms with Crippen molar-refractivity contribution in [2.75, 3.05) is 11.9 Å². The zero-order valence-corrected chi connectivity index (χ0v) is 11.8. The number of halogens is 1. The van der Waals surface area contributed by atoms with Crippen molar-refractivity contribution < 1.29 is 14.3 Å². The largest absolute Gasteiger partial charge is 0.465 e. The predicted molar refractivity (Wildman–Crippen MR) is 71.2 cm³/mol. The molecule has 18 heavy (non-hydrogen) atoms. The number of benzene rings is 1. The van der Waals surface area contributed by atoms with E-state index in [2.05, 4.69) is 21.2 Å². The summed E-state index contributed by atoms with van der Waals surface area (Å²) in [6, 6.07) is 5.58. The molecule has 0 saturated heterocycles. The maximum Gasteiger partial charge on any atom is 0.321 e. The van der Waals surface area contributed by atoms with Crippen molar-refractivity contribution in [3.8, 4) is 0 Å². The number of amides is 1. The van der Waals surface area contributed by atoms with E-state index >= 15 is 0 Å². The third-order valence-corrected chi connectivity index (χ3v) is 3.58. The summed E-state index contributed by atoms with van der Waals surface area (Å²) in [5.41, 5.74) is 0.536. The van der Waals surface area contributed by atoms with Gasteiger partial charge in [0.25, 0.3) is 0 Å². The topological polar surface area (TPSA) is 55.4 Å². The molecule has 1 N–H and O–H groups in total. The minimum absolute atomic E-state index is 0.271. The molecular formula is C13H14BrNO3. The summed E-state index contributed by atoms with van der Waals surface area (Å²) < 4.78 is 5.91. The highest BCUT2D eigenvalue weighted by atomic mass is 79.9. The number of rotatable bonds is 2. The van der Waals surface area contributed by atoms with Crippen LogP contribution in [-0.4, -0.2) is 18.5 Å². The fourth-order valence-electron chi connectivity index (χ4n) is 2.01. The minimum Gasteiger partial charge on any atom is -0.465 e. The molecule has 1 amide bonds. The Kier molecular flexibility index (Phi) is 3.43. The molecule has 5 heteroatoms. The van der Waals surface area contributed by atoms with E-state index in [1.807, 2.05) is 18.2 Å². The van der Waals surface area contributed by atoms with Crippen LogP contribution in [0.3, 0.4) is 0 Å². The second kappa shape index (κ2) is 4.72. The zero-order valence-electron chi connectivity index (χ0n) is 10.2. The van der Waals surface area contributed by atoms with Crippen molar-refractivity contribution in [3.63, 3.8) is 0 Å². The maximum absolute atomic E-state index is 12.1. The van der Waals surface area contributed by atoms with E-state index in [-0.39, 0.29) is 12.5 Å². The van der Waals surface area contributed by atoms with E-state index in [0.29, 0.717) is 6.42 Å². The van der Waals surface area contributed by atoms with Gasteiger partial charge < -0.3 is 10.1 Å². The van der Waals surface area contributed by atoms with Gasteiger partial charge in [0, 0.05) is 10.2 Å². The van der Waals surface area contributed by atoms with Crippen LogP contribution in [0.4, 0.5) is 5.69 Å². The number of hydrogen-bond donors (Lipinski definition) is 1. The van der Waals surface area contributed by atoms with Gasteiger partial charge in [0.2, 0.25) is 5.91 Å². The lowest BCUT2D eigenvalue weighted by Gasteiger charge is -2.31. The normalized spacial score (nSPS) is 22.1. The Labute approximate surface area is 114 Å². The molecule has 1 atom stereocenters. The Morgan fingerprint density at radius 3 is 2.94 bits per heavy atom. The van der Waals surface area contributed by atoms with Crippen molar-refractivity contribution in [3.05, 3.63) is 28.2 Å². The highest BCUT2D eigenvalue weighted by Gasteiger charge is 2.45. The summed E-state index contributed by atoms with van der Waals surface area (Å²) in [5.74, 6) is -0.788. The molecule has 1 aliphatic heterocycles. The molecule has 0 fully saturated rings. The molecule has 4 nitrogen and oxygen atoms in total. The summed E-state index contributed by atoms with van der Waals surface area (Å²) >= 11 is 3.38. The van der Waals surface area contributed by atoms with Crippen LogP contribution in [0.1, 0.15) is 19.4 Å². The van der Waals surface area contributed by atoms with Gasteiger partial charge in [-0.05, 0) is 44.0 Å². The molecule has 1 aliphatic rings. The standard InChI is InChI=1S/C13H14BrNO3/c1-3-18-12(17)13(2)7-8-6-9(14)4-5-10(8)15-11(13)16/h4-6H,3,7H2,1-2H3,(H,15,16). The average molecular weight is 312 g/mol. The van der Waals surface area contributed by atoms with Crippen LogP contribution in [0.2, 0.25) is 0 Å². The van der Waals surface area contributed by atoms with Gasteiger partial charge in [-0.3, -0.25) is 9.59 Å². The highest BCUT2D eigenvalue weighted by Crippen LogP contribution is 2.35. The van der Waals surface area contributed by atoms with Crippen LogP contribution in [-0.2, 0) is 20.7 Å². The van der Waals surface area contributed by atoms with E-state index < -0.39 is 11.4 Å². The van der Waals surface area contributed by atoms with E-state index in [9.17, 15) is 9.59 Å². The van der Waals surface area contributed by atoms with Crippen LogP contribution in [0, 0.1) is 5.41 Å². The number of carbonyl (C=O) groups is 2. The fraction of sp³-hybridized carbons (Fsp3) is 0.385. The zero-order chi connectivity index (χ0) is 13.3. The molecule has 96 valence electrons. The number of esters is 1. The van der Waals surface area contributed by atoms with Crippen molar-refractivity contribution in [1.29, 1.82) is 0 Å². The van der Waals surface area contributed by atoms with Gasteiger partial charge in [0.05, 0.1) is 6.61 Å². The molecule has 1 unspecified atom stereocenters. The number of nitrogens with one attached hydrogen (secondary N) is 1. The van der Waals surface area contributed by atoms with Gasteiger partial charge >= 0.3 is 5.97 Å². The van der Waals surface area contributed by atoms with Gasteiger partial charge in [-0.15, -0.1) is 0 Å². The van der Waals surface area contributed by atoms with E-state index in [4.69, 9.17) is 4.74 Å². The van der Waals surface area contributed by atoms with Crippen molar-refractivity contribution in [2.45, 2.75) is 20.3 Å². The second-order valence-corrected chi connectivity index (χ2v) is 5.40. The third-order valence-electron chi connectivity index (χ3n) is 3.09. The number of ether oxygens (including phenoxy) is 1. The van der Waals surface area contributed by atoms with E-state index in [1.165, 1.54) is 0 Å². The fourth-order valence-corrected chi connectivity index (χ4v) is 2.42. The van der Waals surface area contributed by atoms with Crippen molar-refractivity contribution in [2.24, 2.45) is 5.41 Å². The molecule has 2 rings (SSSR count). The van der Waals surface area contributed by atoms with Gasteiger partial charge in [-0.25, -0.2) is 0 Å². The Morgan fingerprint density at radius 2 is 2.28 bits per heavy atom. The number of carbonyl (C=O) groups excluding carboxylic acids is 2. The number of hydrogen-bond acceptors (Lipinski definition) is 3. The summed E-state index contributed by atoms with van der Waals surface area (Å²) in [7, 11) is 0. The Morgan fingerprint density at radius 1 is 1.56 bits per heavy atom. The van der Waals surface area contributed by atoms with Crippen molar-refractivity contribution >= 4 is 33.5 Å². The highest BCUT2D eigenvalue weighted by molar-refractivity contribution is 9.10. The third kappa shape index (κ3) is 2.14. The molecule has 1 heterocycles. The summed E-state index contributed by atoms with van der Waals surface area (Å²) in [4.78, 5) is 24.0. The van der Waals surface area contributed by atoms with Crippen LogP contribution in [0.5, 0.6) is 0 Å². The molecule has 0 radical (unpaired) electrons. The van der Waals surface area contributed by atoms with Crippen LogP contribution < -0.4 is 5.32 Å². The van der Waals surface area contributed by atoms with Crippen molar-refractivity contribution in [1.82, 2.24) is 0 Å². The molecule has 0 spiro atoms.